The molecule has 15 atom stereocenters. The maximum absolute atomic E-state index is 12.7. The van der Waals surface area contributed by atoms with E-state index in [1.165, 1.54) is 6.92 Å². The molecule has 5 saturated carbocycles. The largest absolute Gasteiger partial charge is 0.457 e. The Morgan fingerprint density at radius 2 is 1.76 bits per heavy atom. The highest BCUT2D eigenvalue weighted by Gasteiger charge is 2.96. The van der Waals surface area contributed by atoms with Crippen molar-refractivity contribution in [3.8, 4) is 6.57 Å². The van der Waals surface area contributed by atoms with Crippen molar-refractivity contribution in [3.63, 3.8) is 0 Å². The van der Waals surface area contributed by atoms with Gasteiger partial charge < -0.3 is 34.1 Å². The molecule has 1 amide bonds. The van der Waals surface area contributed by atoms with Gasteiger partial charge >= 0.3 is 5.97 Å². The molecule has 5 aliphatic carbocycles. The first-order valence-electron chi connectivity index (χ1n) is 19.4. The molecule has 0 aromatic rings. The van der Waals surface area contributed by atoms with E-state index in [1.807, 2.05) is 0 Å². The molecule has 2 saturated heterocycles. The molecule has 50 heavy (non-hydrogen) atoms. The van der Waals surface area contributed by atoms with Crippen LogP contribution in [0.25, 0.3) is 4.85 Å². The van der Waals surface area contributed by atoms with Gasteiger partial charge in [0.15, 0.2) is 12.4 Å². The van der Waals surface area contributed by atoms with Gasteiger partial charge in [-0.15, -0.1) is 0 Å². The summed E-state index contributed by atoms with van der Waals surface area (Å²) in [6, 6.07) is 0. The lowest BCUT2D eigenvalue weighted by molar-refractivity contribution is -0.247. The van der Waals surface area contributed by atoms with Gasteiger partial charge in [-0.05, 0) is 101 Å². The van der Waals surface area contributed by atoms with Gasteiger partial charge in [0, 0.05) is 32.2 Å². The summed E-state index contributed by atoms with van der Waals surface area (Å²) in [6.45, 7) is 28.4. The van der Waals surface area contributed by atoms with Crippen LogP contribution in [-0.4, -0.2) is 94.6 Å². The standard InChI is InChI=1S/C40H63N2O8/c1-22-20-26(33(35(7,8)46)48-25(4)44)49-31-30(22)36(9)16-17-38-23(2)39(38)14-13-28(50-29-21-42(24(3)43)18-19-47-29)34(5,6)40(39,41-11)15-12-27(38)37(36,10)32(31)45/h11,22-23,26-33,45-46H,12-21H2,1-10H3/q+1. The van der Waals surface area contributed by atoms with E-state index < -0.39 is 53.2 Å². The van der Waals surface area contributed by atoms with Crippen LogP contribution < -0.4 is 0 Å². The van der Waals surface area contributed by atoms with Crippen LogP contribution in [0.4, 0.5) is 0 Å². The third-order valence-electron chi connectivity index (χ3n) is 17.0. The minimum atomic E-state index is -1.30. The maximum Gasteiger partial charge on any atom is 0.303 e. The van der Waals surface area contributed by atoms with E-state index >= 15 is 0 Å². The zero-order chi connectivity index (χ0) is 36.6. The number of morpholine rings is 1. The average Bonchev–Trinajstić information content (AvgIpc) is 3.51. The van der Waals surface area contributed by atoms with E-state index in [-0.39, 0.29) is 51.4 Å². The molecular formula is C40H63N2O8+. The quantitative estimate of drug-likeness (QED) is 0.365. The Morgan fingerprint density at radius 1 is 1.06 bits per heavy atom. The molecule has 0 aromatic heterocycles. The minimum Gasteiger partial charge on any atom is -0.457 e. The third-order valence-corrected chi connectivity index (χ3v) is 17.0. The first kappa shape index (κ1) is 36.6. The predicted octanol–water partition coefficient (Wildman–Crippen LogP) is 5.42. The number of hydrogen-bond donors (Lipinski definition) is 2. The Hall–Kier alpha value is -1.77. The van der Waals surface area contributed by atoms with Gasteiger partial charge in [-0.3, -0.25) is 9.59 Å². The summed E-state index contributed by atoms with van der Waals surface area (Å²) in [4.78, 5) is 31.1. The molecular weight excluding hydrogens is 636 g/mol. The summed E-state index contributed by atoms with van der Waals surface area (Å²) in [5, 5.41) is 23.8. The van der Waals surface area contributed by atoms with Crippen molar-refractivity contribution in [2.75, 3.05) is 19.7 Å². The third kappa shape index (κ3) is 4.30. The second-order valence-electron chi connectivity index (χ2n) is 19.2. The van der Waals surface area contributed by atoms with E-state index in [9.17, 15) is 19.8 Å². The average molecular weight is 700 g/mol. The van der Waals surface area contributed by atoms with Gasteiger partial charge in [-0.25, -0.2) is 0 Å². The zero-order valence-electron chi connectivity index (χ0n) is 32.2. The molecule has 7 rings (SSSR count). The Balaban J connectivity index is 1.21. The van der Waals surface area contributed by atoms with Crippen LogP contribution in [0.1, 0.15) is 114 Å². The normalized spacial score (nSPS) is 51.1. The van der Waals surface area contributed by atoms with Crippen LogP contribution >= 0.6 is 0 Å². The molecule has 0 bridgehead atoms. The summed E-state index contributed by atoms with van der Waals surface area (Å²) >= 11 is 0. The zero-order valence-corrected chi connectivity index (χ0v) is 32.2. The van der Waals surface area contributed by atoms with E-state index in [0.717, 1.165) is 38.5 Å². The first-order valence-corrected chi connectivity index (χ1v) is 19.4. The number of esters is 1. The molecule has 2 heterocycles. The monoisotopic (exact) mass is 699 g/mol. The molecule has 10 nitrogen and oxygen atoms in total. The summed E-state index contributed by atoms with van der Waals surface area (Å²) in [6.07, 6.45) is 3.15. The van der Waals surface area contributed by atoms with E-state index in [2.05, 4.69) is 41.5 Å². The van der Waals surface area contributed by atoms with E-state index in [0.29, 0.717) is 32.0 Å². The molecule has 15 unspecified atom stereocenters. The van der Waals surface area contributed by atoms with Gasteiger partial charge in [0.05, 0.1) is 54.0 Å². The Morgan fingerprint density at radius 3 is 2.38 bits per heavy atom. The number of carbonyl (C=O) groups is 2. The number of hydrogen-bond acceptors (Lipinski definition) is 8. The highest BCUT2D eigenvalue weighted by Crippen LogP contribution is 2.93. The fourth-order valence-corrected chi connectivity index (χ4v) is 14.8. The van der Waals surface area contributed by atoms with Crippen molar-refractivity contribution in [2.24, 2.45) is 50.7 Å². The maximum atomic E-state index is 12.7. The van der Waals surface area contributed by atoms with Crippen molar-refractivity contribution >= 4 is 11.9 Å². The molecule has 0 aromatic carbocycles. The minimum absolute atomic E-state index is 0.0259. The second kappa shape index (κ2) is 11.4. The van der Waals surface area contributed by atoms with Crippen LogP contribution in [-0.2, 0) is 28.5 Å². The van der Waals surface area contributed by atoms with Gasteiger partial charge in [0.1, 0.15) is 0 Å². The summed E-state index contributed by atoms with van der Waals surface area (Å²) in [5.74, 6) is 0.555. The molecule has 2 spiro atoms. The highest BCUT2D eigenvalue weighted by atomic mass is 16.7. The topological polar surface area (TPSA) is 119 Å². The lowest BCUT2D eigenvalue weighted by Crippen LogP contribution is -2.67. The highest BCUT2D eigenvalue weighted by molar-refractivity contribution is 5.73. The van der Waals surface area contributed by atoms with Gasteiger partial charge in [-0.1, -0.05) is 32.5 Å². The van der Waals surface area contributed by atoms with Crippen molar-refractivity contribution < 1.29 is 38.7 Å². The molecule has 280 valence electrons. The van der Waals surface area contributed by atoms with Crippen LogP contribution in [0.15, 0.2) is 0 Å². The fraction of sp³-hybridized carbons (Fsp3) is 0.925. The van der Waals surface area contributed by atoms with Crippen LogP contribution in [0.2, 0.25) is 0 Å². The van der Waals surface area contributed by atoms with E-state index in [1.54, 1.807) is 25.7 Å². The number of nitrogens with zero attached hydrogens (tertiary/aromatic N) is 2. The molecule has 0 radical (unpaired) electrons. The predicted molar refractivity (Wildman–Crippen MR) is 187 cm³/mol. The van der Waals surface area contributed by atoms with Gasteiger partial charge in [0.25, 0.3) is 12.1 Å². The van der Waals surface area contributed by atoms with Crippen LogP contribution in [0.5, 0.6) is 0 Å². The summed E-state index contributed by atoms with van der Waals surface area (Å²) in [7, 11) is 0. The van der Waals surface area contributed by atoms with Crippen LogP contribution in [0, 0.1) is 57.3 Å². The Bertz CT molecular complexity index is 1450. The molecule has 2 aliphatic heterocycles. The number of fused-ring (bicyclic) bond motifs is 4. The number of carbonyl (C=O) groups excluding carboxylic acids is 2. The SMILES string of the molecule is C#[N+]C12CCC3C4(C)C(O)C5OC(C(OC(C)=O)C(C)(C)O)CC(C)C5C4(C)CCC34C(C)C41CCC(OC1CN(C(C)=O)CCO1)C2(C)C. The second-order valence-corrected chi connectivity index (χ2v) is 19.2. The number of ether oxygens (including phenoxy) is 4. The number of rotatable bonds is 5. The lowest BCUT2D eigenvalue weighted by atomic mass is 9.39. The van der Waals surface area contributed by atoms with Crippen molar-refractivity contribution in [2.45, 2.75) is 162 Å². The summed E-state index contributed by atoms with van der Waals surface area (Å²) in [5.41, 5.74) is -2.91. The molecule has 2 N–H and O–H groups in total. The van der Waals surface area contributed by atoms with Crippen molar-refractivity contribution in [3.05, 3.63) is 4.85 Å². The first-order chi connectivity index (χ1) is 23.2. The Labute approximate surface area is 299 Å². The summed E-state index contributed by atoms with van der Waals surface area (Å²) < 4.78 is 25.4. The van der Waals surface area contributed by atoms with Gasteiger partial charge in [0.2, 0.25) is 5.91 Å². The van der Waals surface area contributed by atoms with Gasteiger partial charge in [-0.2, -0.15) is 0 Å². The van der Waals surface area contributed by atoms with E-state index in [4.69, 9.17) is 30.4 Å². The molecule has 10 heteroatoms. The smallest absolute Gasteiger partial charge is 0.303 e. The van der Waals surface area contributed by atoms with Crippen LogP contribution in [0.3, 0.4) is 0 Å². The lowest BCUT2D eigenvalue weighted by Gasteiger charge is -2.63. The van der Waals surface area contributed by atoms with Crippen molar-refractivity contribution in [1.82, 2.24) is 4.90 Å². The number of aliphatic hydroxyl groups excluding tert-OH is 1. The number of amides is 1. The molecule has 7 aliphatic rings. The van der Waals surface area contributed by atoms with Crippen molar-refractivity contribution in [1.29, 1.82) is 0 Å². The Kier molecular flexibility index (Phi) is 8.32. The fourth-order valence-electron chi connectivity index (χ4n) is 14.8. The number of aliphatic hydroxyl groups is 2. The molecule has 7 fully saturated rings.